The van der Waals surface area contributed by atoms with Crippen LogP contribution in [0.25, 0.3) is 10.2 Å². The first kappa shape index (κ1) is 13.3. The topological polar surface area (TPSA) is 80.1 Å². The van der Waals surface area contributed by atoms with Gasteiger partial charge >= 0.3 is 0 Å². The summed E-state index contributed by atoms with van der Waals surface area (Å²) >= 11 is 1.53. The molecule has 7 heteroatoms. The molecule has 1 fully saturated rings. The highest BCUT2D eigenvalue weighted by Gasteiger charge is 2.14. The monoisotopic (exact) mass is 292 g/mol. The molecule has 0 spiro atoms. The number of non-ortho nitro benzene ring substituents is 1. The molecule has 106 valence electrons. The van der Waals surface area contributed by atoms with Crippen LogP contribution in [-0.2, 0) is 0 Å². The van der Waals surface area contributed by atoms with Crippen molar-refractivity contribution in [2.75, 3.05) is 18.4 Å². The Kier molecular flexibility index (Phi) is 3.79. The van der Waals surface area contributed by atoms with E-state index in [-0.39, 0.29) is 5.69 Å². The Morgan fingerprint density at radius 1 is 1.50 bits per heavy atom. The molecule has 2 aromatic rings. The summed E-state index contributed by atoms with van der Waals surface area (Å²) in [6.07, 6.45) is 3.70. The molecule has 6 nitrogen and oxygen atoms in total. The Morgan fingerprint density at radius 2 is 2.40 bits per heavy atom. The number of thiazole rings is 1. The standard InChI is InChI=1S/C13H16N4O2S/c18-17(19)10-4-5-12-11(7-10)16-13(20-12)15-8-9-3-1-2-6-14-9/h4-5,7,9,14H,1-3,6,8H2,(H,15,16)/t9-/m0/s1. The van der Waals surface area contributed by atoms with E-state index in [1.165, 1.54) is 42.7 Å². The number of piperidine rings is 1. The van der Waals surface area contributed by atoms with Gasteiger partial charge in [-0.15, -0.1) is 0 Å². The molecule has 0 radical (unpaired) electrons. The molecule has 20 heavy (non-hydrogen) atoms. The Morgan fingerprint density at radius 3 is 3.15 bits per heavy atom. The summed E-state index contributed by atoms with van der Waals surface area (Å²) in [7, 11) is 0. The van der Waals surface area contributed by atoms with E-state index in [1.807, 2.05) is 0 Å². The summed E-state index contributed by atoms with van der Waals surface area (Å²) in [6.45, 7) is 1.93. The number of fused-ring (bicyclic) bond motifs is 1. The Labute approximate surface area is 120 Å². The maximum atomic E-state index is 10.7. The molecule has 1 aliphatic rings. The van der Waals surface area contributed by atoms with E-state index in [0.29, 0.717) is 11.6 Å². The van der Waals surface area contributed by atoms with Gasteiger partial charge in [0, 0.05) is 24.7 Å². The molecule has 2 N–H and O–H groups in total. The zero-order chi connectivity index (χ0) is 13.9. The highest BCUT2D eigenvalue weighted by Crippen LogP contribution is 2.28. The first-order chi connectivity index (χ1) is 9.72. The smallest absolute Gasteiger partial charge is 0.271 e. The van der Waals surface area contributed by atoms with Gasteiger partial charge < -0.3 is 10.6 Å². The van der Waals surface area contributed by atoms with Gasteiger partial charge in [-0.05, 0) is 25.5 Å². The second-order valence-corrected chi connectivity index (χ2v) is 5.99. The zero-order valence-electron chi connectivity index (χ0n) is 11.0. The molecule has 1 aromatic carbocycles. The van der Waals surface area contributed by atoms with Gasteiger partial charge in [-0.1, -0.05) is 17.8 Å². The number of rotatable bonds is 4. The minimum atomic E-state index is -0.391. The van der Waals surface area contributed by atoms with Crippen LogP contribution in [0.4, 0.5) is 10.8 Å². The van der Waals surface area contributed by atoms with Crippen molar-refractivity contribution in [3.63, 3.8) is 0 Å². The molecule has 1 saturated heterocycles. The fourth-order valence-corrected chi connectivity index (χ4v) is 3.27. The number of benzene rings is 1. The SMILES string of the molecule is O=[N+]([O-])c1ccc2sc(NC[C@@H]3CCCCN3)nc2c1. The van der Waals surface area contributed by atoms with Crippen LogP contribution < -0.4 is 10.6 Å². The Bertz CT molecular complexity index is 622. The van der Waals surface area contributed by atoms with Crippen molar-refractivity contribution in [2.45, 2.75) is 25.3 Å². The zero-order valence-corrected chi connectivity index (χ0v) is 11.8. The third-order valence-corrected chi connectivity index (χ3v) is 4.49. The van der Waals surface area contributed by atoms with Gasteiger partial charge in [0.05, 0.1) is 15.1 Å². The molecule has 0 amide bonds. The van der Waals surface area contributed by atoms with Crippen LogP contribution in [0.5, 0.6) is 0 Å². The average molecular weight is 292 g/mol. The molecule has 1 aromatic heterocycles. The van der Waals surface area contributed by atoms with E-state index >= 15 is 0 Å². The highest BCUT2D eigenvalue weighted by molar-refractivity contribution is 7.22. The van der Waals surface area contributed by atoms with Crippen LogP contribution in [0.1, 0.15) is 19.3 Å². The van der Waals surface area contributed by atoms with E-state index in [4.69, 9.17) is 0 Å². The van der Waals surface area contributed by atoms with Crippen molar-refractivity contribution >= 4 is 32.4 Å². The molecular weight excluding hydrogens is 276 g/mol. The molecule has 3 rings (SSSR count). The molecular formula is C13H16N4O2S. The minimum absolute atomic E-state index is 0.0864. The number of nitro groups is 1. The summed E-state index contributed by atoms with van der Waals surface area (Å²) in [4.78, 5) is 14.8. The van der Waals surface area contributed by atoms with Crippen LogP contribution in [0, 0.1) is 10.1 Å². The lowest BCUT2D eigenvalue weighted by Gasteiger charge is -2.23. The summed E-state index contributed by atoms with van der Waals surface area (Å²) in [5.41, 5.74) is 0.770. The summed E-state index contributed by atoms with van der Waals surface area (Å²) in [5, 5.41) is 18.4. The van der Waals surface area contributed by atoms with E-state index in [1.54, 1.807) is 6.07 Å². The van der Waals surface area contributed by atoms with Crippen LogP contribution in [0.2, 0.25) is 0 Å². The fraction of sp³-hybridized carbons (Fsp3) is 0.462. The van der Waals surface area contributed by atoms with Crippen molar-refractivity contribution in [2.24, 2.45) is 0 Å². The predicted octanol–water partition coefficient (Wildman–Crippen LogP) is 2.76. The van der Waals surface area contributed by atoms with Gasteiger partial charge in [0.15, 0.2) is 5.13 Å². The number of nitro benzene ring substituents is 1. The van der Waals surface area contributed by atoms with E-state index in [2.05, 4.69) is 15.6 Å². The van der Waals surface area contributed by atoms with Crippen LogP contribution >= 0.6 is 11.3 Å². The van der Waals surface area contributed by atoms with Crippen LogP contribution in [0.15, 0.2) is 18.2 Å². The van der Waals surface area contributed by atoms with Crippen molar-refractivity contribution in [3.8, 4) is 0 Å². The maximum absolute atomic E-state index is 10.7. The average Bonchev–Trinajstić information content (AvgIpc) is 2.88. The second-order valence-electron chi connectivity index (χ2n) is 4.96. The van der Waals surface area contributed by atoms with Crippen LogP contribution in [0.3, 0.4) is 0 Å². The third kappa shape index (κ3) is 2.88. The lowest BCUT2D eigenvalue weighted by atomic mass is 10.1. The molecule has 0 unspecified atom stereocenters. The van der Waals surface area contributed by atoms with Crippen molar-refractivity contribution < 1.29 is 4.92 Å². The first-order valence-electron chi connectivity index (χ1n) is 6.74. The van der Waals surface area contributed by atoms with E-state index in [9.17, 15) is 10.1 Å². The van der Waals surface area contributed by atoms with E-state index < -0.39 is 4.92 Å². The largest absolute Gasteiger partial charge is 0.360 e. The number of aromatic nitrogens is 1. The lowest BCUT2D eigenvalue weighted by Crippen LogP contribution is -2.39. The normalized spacial score (nSPS) is 19.1. The lowest BCUT2D eigenvalue weighted by molar-refractivity contribution is -0.384. The van der Waals surface area contributed by atoms with E-state index in [0.717, 1.165) is 22.9 Å². The number of hydrogen-bond donors (Lipinski definition) is 2. The third-order valence-electron chi connectivity index (χ3n) is 3.49. The molecule has 1 aliphatic heterocycles. The van der Waals surface area contributed by atoms with Crippen LogP contribution in [-0.4, -0.2) is 29.0 Å². The number of hydrogen-bond acceptors (Lipinski definition) is 6. The Balaban J connectivity index is 1.70. The van der Waals surface area contributed by atoms with Crippen molar-refractivity contribution in [1.29, 1.82) is 0 Å². The summed E-state index contributed by atoms with van der Waals surface area (Å²) in [6, 6.07) is 5.29. The molecule has 0 bridgehead atoms. The molecule has 0 aliphatic carbocycles. The molecule has 0 saturated carbocycles. The number of nitrogens with one attached hydrogen (secondary N) is 2. The number of anilines is 1. The summed E-state index contributed by atoms with van der Waals surface area (Å²) < 4.78 is 0.967. The predicted molar refractivity (Wildman–Crippen MR) is 80.4 cm³/mol. The van der Waals surface area contributed by atoms with Gasteiger partial charge in [0.25, 0.3) is 5.69 Å². The van der Waals surface area contributed by atoms with Gasteiger partial charge in [0.2, 0.25) is 0 Å². The first-order valence-corrected chi connectivity index (χ1v) is 7.56. The fourth-order valence-electron chi connectivity index (χ4n) is 2.41. The van der Waals surface area contributed by atoms with Gasteiger partial charge in [-0.3, -0.25) is 10.1 Å². The number of nitrogens with zero attached hydrogens (tertiary/aromatic N) is 2. The van der Waals surface area contributed by atoms with Crippen molar-refractivity contribution in [1.82, 2.24) is 10.3 Å². The van der Waals surface area contributed by atoms with Gasteiger partial charge in [-0.25, -0.2) is 4.98 Å². The van der Waals surface area contributed by atoms with Crippen molar-refractivity contribution in [3.05, 3.63) is 28.3 Å². The Hall–Kier alpha value is -1.73. The second kappa shape index (κ2) is 5.72. The quantitative estimate of drug-likeness (QED) is 0.669. The molecule has 1 atom stereocenters. The van der Waals surface area contributed by atoms with Gasteiger partial charge in [-0.2, -0.15) is 0 Å². The maximum Gasteiger partial charge on any atom is 0.271 e. The van der Waals surface area contributed by atoms with Gasteiger partial charge in [0.1, 0.15) is 0 Å². The highest BCUT2D eigenvalue weighted by atomic mass is 32.1. The minimum Gasteiger partial charge on any atom is -0.360 e. The summed E-state index contributed by atoms with van der Waals surface area (Å²) in [5.74, 6) is 0. The molecule has 2 heterocycles.